The van der Waals surface area contributed by atoms with E-state index in [2.05, 4.69) is 10.2 Å². The summed E-state index contributed by atoms with van der Waals surface area (Å²) >= 11 is 5.47. The summed E-state index contributed by atoms with van der Waals surface area (Å²) < 4.78 is 5.39. The Kier molecular flexibility index (Phi) is 7.05. The minimum atomic E-state index is -0.332. The molecule has 0 atom stereocenters. The largest absolute Gasteiger partial charge is 0.378 e. The average Bonchev–Trinajstić information content (AvgIpc) is 2.84. The van der Waals surface area contributed by atoms with Crippen molar-refractivity contribution in [3.05, 3.63) is 63.7 Å². The number of nitro groups is 1. The quantitative estimate of drug-likeness (QED) is 0.415. The molecule has 0 radical (unpaired) electrons. The second-order valence-electron chi connectivity index (χ2n) is 8.13. The Balaban J connectivity index is 1.39. The standard InChI is InChI=1S/C23H27N5O4S/c1-17-2-4-18(5-3-17)22(29)24-23(33)27-10-8-25(9-11-27)19-6-7-20(28(30)31)21(16-19)26-12-14-32-15-13-26/h2-7,16H,8-15H2,1H3,(H,24,29,33). The van der Waals surface area contributed by atoms with E-state index in [1.807, 2.05) is 34.9 Å². The fraction of sp³-hybridized carbons (Fsp3) is 0.391. The van der Waals surface area contributed by atoms with E-state index >= 15 is 0 Å². The molecule has 2 heterocycles. The summed E-state index contributed by atoms with van der Waals surface area (Å²) in [5.41, 5.74) is 3.34. The number of carbonyl (C=O) groups is 1. The van der Waals surface area contributed by atoms with E-state index in [1.165, 1.54) is 0 Å². The van der Waals surface area contributed by atoms with Gasteiger partial charge in [-0.2, -0.15) is 0 Å². The van der Waals surface area contributed by atoms with Gasteiger partial charge in [0, 0.05) is 56.6 Å². The van der Waals surface area contributed by atoms with Crippen LogP contribution in [0, 0.1) is 17.0 Å². The van der Waals surface area contributed by atoms with Gasteiger partial charge in [-0.3, -0.25) is 20.2 Å². The van der Waals surface area contributed by atoms with Gasteiger partial charge in [-0.25, -0.2) is 0 Å². The summed E-state index contributed by atoms with van der Waals surface area (Å²) in [4.78, 5) is 29.9. The first kappa shape index (κ1) is 22.9. The van der Waals surface area contributed by atoms with Crippen LogP contribution >= 0.6 is 12.2 Å². The topological polar surface area (TPSA) is 91.2 Å². The molecule has 9 nitrogen and oxygen atoms in total. The maximum absolute atomic E-state index is 12.5. The third-order valence-corrected chi connectivity index (χ3v) is 6.33. The average molecular weight is 470 g/mol. The van der Waals surface area contributed by atoms with Crippen molar-refractivity contribution in [1.82, 2.24) is 10.2 Å². The second-order valence-corrected chi connectivity index (χ2v) is 8.52. The lowest BCUT2D eigenvalue weighted by molar-refractivity contribution is -0.384. The van der Waals surface area contributed by atoms with Crippen LogP contribution in [-0.2, 0) is 4.74 Å². The molecule has 0 unspecified atom stereocenters. The Morgan fingerprint density at radius 3 is 2.30 bits per heavy atom. The lowest BCUT2D eigenvalue weighted by Gasteiger charge is -2.37. The Morgan fingerprint density at radius 1 is 1.00 bits per heavy atom. The summed E-state index contributed by atoms with van der Waals surface area (Å²) in [6, 6.07) is 12.6. The Hall–Kier alpha value is -3.24. The summed E-state index contributed by atoms with van der Waals surface area (Å²) in [5, 5.41) is 14.8. The fourth-order valence-electron chi connectivity index (χ4n) is 4.04. The van der Waals surface area contributed by atoms with Crippen molar-refractivity contribution in [1.29, 1.82) is 0 Å². The number of nitrogens with zero attached hydrogens (tertiary/aromatic N) is 4. The highest BCUT2D eigenvalue weighted by Crippen LogP contribution is 2.33. The van der Waals surface area contributed by atoms with Crippen molar-refractivity contribution < 1.29 is 14.5 Å². The maximum Gasteiger partial charge on any atom is 0.292 e. The van der Waals surface area contributed by atoms with Crippen molar-refractivity contribution in [2.24, 2.45) is 0 Å². The molecule has 33 heavy (non-hydrogen) atoms. The van der Waals surface area contributed by atoms with E-state index in [9.17, 15) is 14.9 Å². The predicted octanol–water partition coefficient (Wildman–Crippen LogP) is 2.58. The maximum atomic E-state index is 12.5. The van der Waals surface area contributed by atoms with Gasteiger partial charge in [0.05, 0.1) is 18.1 Å². The first-order valence-corrected chi connectivity index (χ1v) is 11.4. The van der Waals surface area contributed by atoms with Crippen LogP contribution < -0.4 is 15.1 Å². The lowest BCUT2D eigenvalue weighted by atomic mass is 10.1. The highest BCUT2D eigenvalue weighted by Gasteiger charge is 2.25. The number of nitrogens with one attached hydrogen (secondary N) is 1. The summed E-state index contributed by atoms with van der Waals surface area (Å²) in [7, 11) is 0. The van der Waals surface area contributed by atoms with Gasteiger partial charge >= 0.3 is 0 Å². The van der Waals surface area contributed by atoms with Gasteiger partial charge in [-0.05, 0) is 43.4 Å². The summed E-state index contributed by atoms with van der Waals surface area (Å²) in [6.45, 7) is 7.05. The molecular weight excluding hydrogens is 442 g/mol. The van der Waals surface area contributed by atoms with Gasteiger partial charge in [-0.15, -0.1) is 0 Å². The van der Waals surface area contributed by atoms with E-state index in [0.717, 1.165) is 11.3 Å². The third-order valence-electron chi connectivity index (χ3n) is 5.97. The van der Waals surface area contributed by atoms with Gasteiger partial charge in [0.15, 0.2) is 5.11 Å². The highest BCUT2D eigenvalue weighted by atomic mass is 32.1. The number of aryl methyl sites for hydroxylation is 1. The van der Waals surface area contributed by atoms with Crippen LogP contribution in [0.25, 0.3) is 0 Å². The predicted molar refractivity (Wildman–Crippen MR) is 131 cm³/mol. The van der Waals surface area contributed by atoms with Crippen molar-refractivity contribution in [2.45, 2.75) is 6.92 Å². The molecule has 0 saturated carbocycles. The number of thiocarbonyl (C=S) groups is 1. The van der Waals surface area contributed by atoms with Crippen molar-refractivity contribution >= 4 is 40.3 Å². The van der Waals surface area contributed by atoms with E-state index in [1.54, 1.807) is 24.3 Å². The van der Waals surface area contributed by atoms with Crippen LogP contribution in [0.1, 0.15) is 15.9 Å². The number of benzene rings is 2. The van der Waals surface area contributed by atoms with Crippen LogP contribution in [0.4, 0.5) is 17.1 Å². The molecule has 2 aromatic rings. The molecule has 0 aromatic heterocycles. The van der Waals surface area contributed by atoms with Gasteiger partial charge < -0.3 is 19.4 Å². The van der Waals surface area contributed by atoms with Gasteiger partial charge in [0.25, 0.3) is 11.6 Å². The Bertz CT molecular complexity index is 1030. The molecule has 2 aliphatic rings. The SMILES string of the molecule is Cc1ccc(C(=O)NC(=S)N2CCN(c3ccc([N+](=O)[O-])c(N4CCOCC4)c3)CC2)cc1. The molecule has 174 valence electrons. The molecule has 0 aliphatic carbocycles. The fourth-order valence-corrected chi connectivity index (χ4v) is 4.32. The number of nitro benzene ring substituents is 1. The molecular formula is C23H27N5O4S. The van der Waals surface area contributed by atoms with Crippen LogP contribution in [0.2, 0.25) is 0 Å². The molecule has 2 saturated heterocycles. The minimum absolute atomic E-state index is 0.110. The highest BCUT2D eigenvalue weighted by molar-refractivity contribution is 7.80. The van der Waals surface area contributed by atoms with Crippen LogP contribution in [-0.4, -0.2) is 73.3 Å². The van der Waals surface area contributed by atoms with Gasteiger partial charge in [0.2, 0.25) is 0 Å². The number of anilines is 2. The van der Waals surface area contributed by atoms with E-state index in [4.69, 9.17) is 17.0 Å². The zero-order valence-electron chi connectivity index (χ0n) is 18.5. The summed E-state index contributed by atoms with van der Waals surface area (Å²) in [5.74, 6) is -0.215. The molecule has 10 heteroatoms. The van der Waals surface area contributed by atoms with Crippen LogP contribution in [0.5, 0.6) is 0 Å². The number of piperazine rings is 1. The first-order valence-electron chi connectivity index (χ1n) is 11.0. The number of amides is 1. The number of morpholine rings is 1. The molecule has 2 fully saturated rings. The molecule has 2 aliphatic heterocycles. The number of carbonyl (C=O) groups excluding carboxylic acids is 1. The summed E-state index contributed by atoms with van der Waals surface area (Å²) in [6.07, 6.45) is 0. The van der Waals surface area contributed by atoms with Crippen molar-refractivity contribution in [2.75, 3.05) is 62.3 Å². The normalized spacial score (nSPS) is 16.5. The van der Waals surface area contributed by atoms with E-state index in [0.29, 0.717) is 68.8 Å². The van der Waals surface area contributed by atoms with Crippen LogP contribution in [0.15, 0.2) is 42.5 Å². The Labute approximate surface area is 198 Å². The third kappa shape index (κ3) is 5.40. The molecule has 0 bridgehead atoms. The molecule has 0 spiro atoms. The zero-order chi connectivity index (χ0) is 23.4. The van der Waals surface area contributed by atoms with Crippen molar-refractivity contribution in [3.63, 3.8) is 0 Å². The molecule has 4 rings (SSSR count). The number of rotatable bonds is 4. The van der Waals surface area contributed by atoms with E-state index < -0.39 is 0 Å². The van der Waals surface area contributed by atoms with Gasteiger partial charge in [-0.1, -0.05) is 17.7 Å². The molecule has 1 amide bonds. The monoisotopic (exact) mass is 469 g/mol. The number of ether oxygens (including phenoxy) is 1. The van der Waals surface area contributed by atoms with E-state index in [-0.39, 0.29) is 16.5 Å². The second kappa shape index (κ2) is 10.1. The number of hydrogen-bond acceptors (Lipinski definition) is 7. The molecule has 2 aromatic carbocycles. The lowest BCUT2D eigenvalue weighted by Crippen LogP contribution is -2.52. The minimum Gasteiger partial charge on any atom is -0.378 e. The number of hydrogen-bond donors (Lipinski definition) is 1. The smallest absolute Gasteiger partial charge is 0.292 e. The molecule has 1 N–H and O–H groups in total. The van der Waals surface area contributed by atoms with Crippen LogP contribution in [0.3, 0.4) is 0 Å². The van der Waals surface area contributed by atoms with Gasteiger partial charge in [0.1, 0.15) is 5.69 Å². The van der Waals surface area contributed by atoms with Crippen molar-refractivity contribution in [3.8, 4) is 0 Å². The first-order chi connectivity index (χ1) is 15.9. The zero-order valence-corrected chi connectivity index (χ0v) is 19.3. The Morgan fingerprint density at radius 2 is 1.67 bits per heavy atom.